The van der Waals surface area contributed by atoms with Crippen LogP contribution in [0.25, 0.3) is 0 Å². The van der Waals surface area contributed by atoms with Crippen molar-refractivity contribution in [2.75, 3.05) is 0 Å². The molecule has 2 aromatic carbocycles. The fourth-order valence-electron chi connectivity index (χ4n) is 2.16. The summed E-state index contributed by atoms with van der Waals surface area (Å²) in [6.07, 6.45) is 0.912. The second kappa shape index (κ2) is 8.67. The minimum Gasteiger partial charge on any atom is -0.481 e. The molecule has 1 atom stereocenters. The molecule has 2 aromatic rings. The maximum absolute atomic E-state index is 12.2. The lowest BCUT2D eigenvalue weighted by Crippen LogP contribution is -2.33. The third-order valence-electron chi connectivity index (χ3n) is 3.81. The summed E-state index contributed by atoms with van der Waals surface area (Å²) < 4.78 is 5.81. The Morgan fingerprint density at radius 3 is 2.48 bits per heavy atom. The van der Waals surface area contributed by atoms with Gasteiger partial charge in [0.2, 0.25) is 0 Å². The Morgan fingerprint density at radius 2 is 1.84 bits per heavy atom. The number of hydrazone groups is 1. The number of rotatable bonds is 6. The zero-order valence-electron chi connectivity index (χ0n) is 14.9. The Kier molecular flexibility index (Phi) is 6.59. The summed E-state index contributed by atoms with van der Waals surface area (Å²) in [5.41, 5.74) is 5.51. The van der Waals surface area contributed by atoms with E-state index < -0.39 is 6.10 Å². The van der Waals surface area contributed by atoms with E-state index in [4.69, 9.17) is 16.3 Å². The molecule has 1 amide bonds. The van der Waals surface area contributed by atoms with Crippen molar-refractivity contribution in [3.63, 3.8) is 0 Å². The fraction of sp³-hybridized carbons (Fsp3) is 0.300. The average Bonchev–Trinajstić information content (AvgIpc) is 2.58. The molecular weight excluding hydrogens is 336 g/mol. The Bertz CT molecular complexity index is 755. The number of halogens is 1. The molecule has 25 heavy (non-hydrogen) atoms. The molecule has 0 radical (unpaired) electrons. The van der Waals surface area contributed by atoms with E-state index in [1.54, 1.807) is 25.3 Å². The van der Waals surface area contributed by atoms with Crippen molar-refractivity contribution in [3.8, 4) is 5.75 Å². The fourth-order valence-corrected chi connectivity index (χ4v) is 2.28. The van der Waals surface area contributed by atoms with Crippen LogP contribution in [0.2, 0.25) is 5.02 Å². The Labute approximate surface area is 153 Å². The van der Waals surface area contributed by atoms with Gasteiger partial charge in [-0.2, -0.15) is 5.10 Å². The molecule has 0 aromatic heterocycles. The van der Waals surface area contributed by atoms with Gasteiger partial charge in [-0.3, -0.25) is 4.79 Å². The number of ether oxygens (including phenoxy) is 1. The second-order valence-corrected chi connectivity index (χ2v) is 6.66. The molecule has 0 aliphatic carbocycles. The maximum atomic E-state index is 12.2. The summed E-state index contributed by atoms with van der Waals surface area (Å²) in [6, 6.07) is 13.2. The summed E-state index contributed by atoms with van der Waals surface area (Å²) in [4.78, 5) is 12.2. The van der Waals surface area contributed by atoms with Crippen molar-refractivity contribution in [1.29, 1.82) is 0 Å². The first-order valence-electron chi connectivity index (χ1n) is 8.22. The molecule has 1 N–H and O–H groups in total. The highest BCUT2D eigenvalue weighted by molar-refractivity contribution is 6.30. The highest BCUT2D eigenvalue weighted by Gasteiger charge is 2.15. The van der Waals surface area contributed by atoms with Gasteiger partial charge in [-0.1, -0.05) is 49.7 Å². The Hall–Kier alpha value is -2.33. The van der Waals surface area contributed by atoms with Gasteiger partial charge in [0.05, 0.1) is 6.21 Å². The van der Waals surface area contributed by atoms with Crippen LogP contribution in [0.4, 0.5) is 0 Å². The van der Waals surface area contributed by atoms with Gasteiger partial charge in [0, 0.05) is 5.02 Å². The smallest absolute Gasteiger partial charge is 0.280 e. The molecule has 2 rings (SSSR count). The van der Waals surface area contributed by atoms with Crippen LogP contribution in [0, 0.1) is 6.92 Å². The van der Waals surface area contributed by atoms with Crippen molar-refractivity contribution in [1.82, 2.24) is 5.43 Å². The lowest BCUT2D eigenvalue weighted by Gasteiger charge is -2.16. The van der Waals surface area contributed by atoms with Crippen LogP contribution in [0.3, 0.4) is 0 Å². The van der Waals surface area contributed by atoms with Crippen LogP contribution >= 0.6 is 11.6 Å². The number of carbonyl (C=O) groups is 1. The first kappa shape index (κ1) is 19.0. The van der Waals surface area contributed by atoms with Crippen LogP contribution in [-0.2, 0) is 4.79 Å². The number of hydrogen-bond acceptors (Lipinski definition) is 3. The van der Waals surface area contributed by atoms with Gasteiger partial charge in [-0.25, -0.2) is 5.43 Å². The second-order valence-electron chi connectivity index (χ2n) is 6.23. The third-order valence-corrected chi connectivity index (χ3v) is 4.06. The monoisotopic (exact) mass is 358 g/mol. The summed E-state index contributed by atoms with van der Waals surface area (Å²) in [6.45, 7) is 7.91. The Morgan fingerprint density at radius 1 is 1.16 bits per heavy atom. The summed E-state index contributed by atoms with van der Waals surface area (Å²) in [5, 5.41) is 4.61. The van der Waals surface area contributed by atoms with Crippen LogP contribution in [0.5, 0.6) is 5.75 Å². The van der Waals surface area contributed by atoms with Crippen LogP contribution in [0.15, 0.2) is 47.6 Å². The Balaban J connectivity index is 1.96. The minimum atomic E-state index is -0.650. The molecule has 5 heteroatoms. The number of benzene rings is 2. The molecular formula is C20H23ClN2O2. The van der Waals surface area contributed by atoms with E-state index in [2.05, 4.69) is 30.4 Å². The van der Waals surface area contributed by atoms with E-state index in [-0.39, 0.29) is 5.91 Å². The van der Waals surface area contributed by atoms with Gasteiger partial charge in [-0.05, 0) is 54.7 Å². The van der Waals surface area contributed by atoms with E-state index >= 15 is 0 Å². The van der Waals surface area contributed by atoms with Crippen molar-refractivity contribution < 1.29 is 9.53 Å². The molecule has 0 aliphatic rings. The van der Waals surface area contributed by atoms with Crippen LogP contribution < -0.4 is 10.2 Å². The first-order chi connectivity index (χ1) is 11.9. The van der Waals surface area contributed by atoms with Crippen molar-refractivity contribution in [2.24, 2.45) is 5.10 Å². The predicted octanol–water partition coefficient (Wildman–Crippen LogP) is 4.69. The standard InChI is InChI=1S/C20H23ClN2O2/c1-13(2)17-8-5-14(3)19(11-17)25-15(4)20(24)23-22-12-16-6-9-18(21)10-7-16/h5-13,15H,1-4H3,(H,23,24). The molecule has 0 bridgehead atoms. The molecule has 132 valence electrons. The number of amides is 1. The highest BCUT2D eigenvalue weighted by atomic mass is 35.5. The van der Waals surface area contributed by atoms with Crippen LogP contribution in [0.1, 0.15) is 43.4 Å². The zero-order chi connectivity index (χ0) is 18.4. The number of carbonyl (C=O) groups excluding carboxylic acids is 1. The van der Waals surface area contributed by atoms with Gasteiger partial charge in [-0.15, -0.1) is 0 Å². The lowest BCUT2D eigenvalue weighted by molar-refractivity contribution is -0.127. The van der Waals surface area contributed by atoms with Gasteiger partial charge in [0.15, 0.2) is 6.10 Å². The molecule has 0 aliphatic heterocycles. The van der Waals surface area contributed by atoms with E-state index in [0.717, 1.165) is 16.9 Å². The lowest BCUT2D eigenvalue weighted by atomic mass is 10.0. The molecule has 0 saturated carbocycles. The van der Waals surface area contributed by atoms with Gasteiger partial charge >= 0.3 is 0 Å². The van der Waals surface area contributed by atoms with E-state index in [0.29, 0.717) is 10.9 Å². The van der Waals surface area contributed by atoms with Gasteiger partial charge < -0.3 is 4.74 Å². The SMILES string of the molecule is Cc1ccc(C(C)C)cc1OC(C)C(=O)NN=Cc1ccc(Cl)cc1. The van der Waals surface area contributed by atoms with Crippen molar-refractivity contribution >= 4 is 23.7 Å². The molecule has 4 nitrogen and oxygen atoms in total. The summed E-state index contributed by atoms with van der Waals surface area (Å²) >= 11 is 5.83. The maximum Gasteiger partial charge on any atom is 0.280 e. The molecule has 0 fully saturated rings. The van der Waals surface area contributed by atoms with Gasteiger partial charge in [0.25, 0.3) is 5.91 Å². The summed E-state index contributed by atoms with van der Waals surface area (Å²) in [5.74, 6) is 0.811. The molecule has 0 spiro atoms. The van der Waals surface area contributed by atoms with E-state index in [9.17, 15) is 4.79 Å². The molecule has 0 saturated heterocycles. The van der Waals surface area contributed by atoms with E-state index in [1.807, 2.05) is 31.2 Å². The summed E-state index contributed by atoms with van der Waals surface area (Å²) in [7, 11) is 0. The molecule has 0 heterocycles. The first-order valence-corrected chi connectivity index (χ1v) is 8.60. The predicted molar refractivity (Wildman–Crippen MR) is 103 cm³/mol. The van der Waals surface area contributed by atoms with Gasteiger partial charge in [0.1, 0.15) is 5.75 Å². The van der Waals surface area contributed by atoms with Crippen molar-refractivity contribution in [3.05, 3.63) is 64.2 Å². The molecule has 1 unspecified atom stereocenters. The van der Waals surface area contributed by atoms with Crippen molar-refractivity contribution in [2.45, 2.75) is 39.7 Å². The number of nitrogens with zero attached hydrogens (tertiary/aromatic N) is 1. The largest absolute Gasteiger partial charge is 0.481 e. The zero-order valence-corrected chi connectivity index (χ0v) is 15.7. The average molecular weight is 359 g/mol. The minimum absolute atomic E-state index is 0.306. The number of aryl methyl sites for hydroxylation is 1. The number of hydrogen-bond donors (Lipinski definition) is 1. The van der Waals surface area contributed by atoms with E-state index in [1.165, 1.54) is 5.56 Å². The highest BCUT2D eigenvalue weighted by Crippen LogP contribution is 2.25. The van der Waals surface area contributed by atoms with Crippen LogP contribution in [-0.4, -0.2) is 18.2 Å². The third kappa shape index (κ3) is 5.61. The topological polar surface area (TPSA) is 50.7 Å². The quantitative estimate of drug-likeness (QED) is 0.601. The normalized spacial score (nSPS) is 12.4. The number of nitrogens with one attached hydrogen (secondary N) is 1.